The van der Waals surface area contributed by atoms with Crippen molar-refractivity contribution in [3.8, 4) is 5.75 Å². The molecule has 0 aliphatic rings. The lowest BCUT2D eigenvalue weighted by Crippen LogP contribution is -2.21. The summed E-state index contributed by atoms with van der Waals surface area (Å²) in [5.41, 5.74) is 3.75. The molecule has 0 spiro atoms. The molecule has 3 nitrogen and oxygen atoms in total. The Hall–Kier alpha value is -2.26. The van der Waals surface area contributed by atoms with Gasteiger partial charge >= 0.3 is 0 Å². The molecule has 1 aromatic heterocycles. The van der Waals surface area contributed by atoms with Crippen molar-refractivity contribution in [3.05, 3.63) is 65.9 Å². The van der Waals surface area contributed by atoms with Gasteiger partial charge in [0.2, 0.25) is 0 Å². The number of hydrogen-bond acceptors (Lipinski definition) is 2. The van der Waals surface area contributed by atoms with Gasteiger partial charge in [-0.15, -0.1) is 0 Å². The van der Waals surface area contributed by atoms with Crippen LogP contribution in [0.15, 0.2) is 54.7 Å². The van der Waals surface area contributed by atoms with E-state index in [9.17, 15) is 0 Å². The van der Waals surface area contributed by atoms with Crippen molar-refractivity contribution in [1.82, 2.24) is 10.3 Å². The average molecular weight is 294 g/mol. The molecule has 22 heavy (non-hydrogen) atoms. The third kappa shape index (κ3) is 3.15. The zero-order valence-corrected chi connectivity index (χ0v) is 13.1. The molecule has 2 N–H and O–H groups in total. The fourth-order valence-corrected chi connectivity index (χ4v) is 2.83. The number of hydrogen-bond donors (Lipinski definition) is 2. The molecule has 114 valence electrons. The van der Waals surface area contributed by atoms with Crippen molar-refractivity contribution in [2.75, 3.05) is 13.7 Å². The van der Waals surface area contributed by atoms with E-state index >= 15 is 0 Å². The van der Waals surface area contributed by atoms with Gasteiger partial charge in [0.25, 0.3) is 0 Å². The van der Waals surface area contributed by atoms with Crippen LogP contribution in [0, 0.1) is 0 Å². The van der Waals surface area contributed by atoms with Gasteiger partial charge in [0.15, 0.2) is 0 Å². The highest BCUT2D eigenvalue weighted by molar-refractivity contribution is 5.79. The first-order valence-electron chi connectivity index (χ1n) is 7.70. The van der Waals surface area contributed by atoms with Crippen molar-refractivity contribution in [2.45, 2.75) is 19.4 Å². The number of nitrogens with one attached hydrogen (secondary N) is 2. The second-order valence-corrected chi connectivity index (χ2v) is 5.57. The first-order valence-corrected chi connectivity index (χ1v) is 7.70. The number of rotatable bonds is 6. The molecule has 1 unspecified atom stereocenters. The number of H-pyrrole nitrogens is 1. The van der Waals surface area contributed by atoms with Gasteiger partial charge in [0.1, 0.15) is 5.75 Å². The van der Waals surface area contributed by atoms with Crippen LogP contribution in [0.4, 0.5) is 0 Å². The summed E-state index contributed by atoms with van der Waals surface area (Å²) in [4.78, 5) is 3.23. The molecule has 2 aromatic carbocycles. The molecule has 0 amide bonds. The molecule has 0 saturated carbocycles. The van der Waals surface area contributed by atoms with Crippen LogP contribution in [-0.2, 0) is 6.42 Å². The van der Waals surface area contributed by atoms with E-state index in [4.69, 9.17) is 4.74 Å². The minimum Gasteiger partial charge on any atom is -0.496 e. The maximum atomic E-state index is 5.43. The summed E-state index contributed by atoms with van der Waals surface area (Å²) >= 11 is 0. The lowest BCUT2D eigenvalue weighted by Gasteiger charge is -2.17. The summed E-state index contributed by atoms with van der Waals surface area (Å²) < 4.78 is 5.43. The second kappa shape index (κ2) is 6.67. The molecular formula is C19H22N2O. The highest BCUT2D eigenvalue weighted by atomic mass is 16.5. The van der Waals surface area contributed by atoms with Crippen molar-refractivity contribution in [2.24, 2.45) is 0 Å². The van der Waals surface area contributed by atoms with Crippen molar-refractivity contribution >= 4 is 10.9 Å². The molecule has 1 atom stereocenters. The molecule has 3 heteroatoms. The zero-order valence-electron chi connectivity index (χ0n) is 13.1. The fraction of sp³-hybridized carbons (Fsp3) is 0.263. The van der Waals surface area contributed by atoms with Crippen LogP contribution in [0.25, 0.3) is 10.9 Å². The smallest absolute Gasteiger partial charge is 0.123 e. The van der Waals surface area contributed by atoms with E-state index < -0.39 is 0 Å². The van der Waals surface area contributed by atoms with Gasteiger partial charge in [-0.1, -0.05) is 24.3 Å². The quantitative estimate of drug-likeness (QED) is 0.719. The van der Waals surface area contributed by atoms with Crippen LogP contribution in [0.1, 0.15) is 24.1 Å². The normalized spacial score (nSPS) is 12.5. The Kier molecular flexibility index (Phi) is 4.45. The molecule has 0 saturated heterocycles. The van der Waals surface area contributed by atoms with Gasteiger partial charge < -0.3 is 15.0 Å². The summed E-state index contributed by atoms with van der Waals surface area (Å²) in [5, 5.41) is 4.85. The summed E-state index contributed by atoms with van der Waals surface area (Å²) in [6.45, 7) is 3.11. The van der Waals surface area contributed by atoms with E-state index in [-0.39, 0.29) is 6.04 Å². The summed E-state index contributed by atoms with van der Waals surface area (Å²) in [5.74, 6) is 0.941. The Balaban J connectivity index is 1.60. The Bertz CT molecular complexity index is 748. The number of ether oxygens (including phenoxy) is 1. The van der Waals surface area contributed by atoms with E-state index in [1.54, 1.807) is 7.11 Å². The highest BCUT2D eigenvalue weighted by Gasteiger charge is 2.09. The Labute approximate surface area is 131 Å². The lowest BCUT2D eigenvalue weighted by molar-refractivity contribution is 0.402. The minimum absolute atomic E-state index is 0.270. The predicted octanol–water partition coefficient (Wildman–Crippen LogP) is 4.07. The van der Waals surface area contributed by atoms with E-state index in [1.165, 1.54) is 22.0 Å². The highest BCUT2D eigenvalue weighted by Crippen LogP contribution is 2.24. The first kappa shape index (κ1) is 14.7. The molecule has 0 aliphatic carbocycles. The van der Waals surface area contributed by atoms with Crippen LogP contribution in [-0.4, -0.2) is 18.6 Å². The third-order valence-corrected chi connectivity index (χ3v) is 4.09. The molecule has 1 heterocycles. The van der Waals surface area contributed by atoms with Crippen LogP contribution >= 0.6 is 0 Å². The molecule has 3 rings (SSSR count). The minimum atomic E-state index is 0.270. The van der Waals surface area contributed by atoms with Gasteiger partial charge in [0, 0.05) is 23.3 Å². The van der Waals surface area contributed by atoms with Gasteiger partial charge in [-0.05, 0) is 55.1 Å². The summed E-state index contributed by atoms with van der Waals surface area (Å²) in [7, 11) is 1.72. The van der Waals surface area contributed by atoms with E-state index in [0.29, 0.717) is 0 Å². The standard InChI is InChI=1S/C19H22N2O/c1-14(17-5-3-4-6-19(17)22-2)20-11-9-15-7-8-18-16(13-15)10-12-21-18/h3-8,10,12-14,20-21H,9,11H2,1-2H3. The summed E-state index contributed by atoms with van der Waals surface area (Å²) in [6.07, 6.45) is 3.00. The van der Waals surface area contributed by atoms with Crippen LogP contribution in [0.2, 0.25) is 0 Å². The zero-order chi connectivity index (χ0) is 15.4. The summed E-state index contributed by atoms with van der Waals surface area (Å²) in [6, 6.07) is 17.1. The molecule has 0 radical (unpaired) electrons. The molecule has 0 bridgehead atoms. The third-order valence-electron chi connectivity index (χ3n) is 4.09. The molecule has 0 fully saturated rings. The van der Waals surface area contributed by atoms with Crippen LogP contribution in [0.3, 0.4) is 0 Å². The molecular weight excluding hydrogens is 272 g/mol. The first-order chi connectivity index (χ1) is 10.8. The number of para-hydroxylation sites is 1. The van der Waals surface area contributed by atoms with E-state index in [1.807, 2.05) is 18.3 Å². The van der Waals surface area contributed by atoms with Gasteiger partial charge in [-0.2, -0.15) is 0 Å². The molecule has 0 aliphatic heterocycles. The predicted molar refractivity (Wildman–Crippen MR) is 91.4 cm³/mol. The number of aromatic nitrogens is 1. The number of methoxy groups -OCH3 is 1. The number of fused-ring (bicyclic) bond motifs is 1. The Morgan fingerprint density at radius 2 is 2.00 bits per heavy atom. The average Bonchev–Trinajstić information content (AvgIpc) is 3.02. The van der Waals surface area contributed by atoms with Crippen LogP contribution < -0.4 is 10.1 Å². The van der Waals surface area contributed by atoms with Gasteiger partial charge in [-0.3, -0.25) is 0 Å². The fourth-order valence-electron chi connectivity index (χ4n) is 2.83. The van der Waals surface area contributed by atoms with Crippen molar-refractivity contribution in [3.63, 3.8) is 0 Å². The maximum absolute atomic E-state index is 5.43. The second-order valence-electron chi connectivity index (χ2n) is 5.57. The van der Waals surface area contributed by atoms with Crippen molar-refractivity contribution < 1.29 is 4.74 Å². The van der Waals surface area contributed by atoms with Gasteiger partial charge in [-0.25, -0.2) is 0 Å². The maximum Gasteiger partial charge on any atom is 0.123 e. The largest absolute Gasteiger partial charge is 0.496 e. The van der Waals surface area contributed by atoms with Gasteiger partial charge in [0.05, 0.1) is 7.11 Å². The van der Waals surface area contributed by atoms with E-state index in [2.05, 4.69) is 53.6 Å². The Morgan fingerprint density at radius 1 is 1.14 bits per heavy atom. The lowest BCUT2D eigenvalue weighted by atomic mass is 10.1. The topological polar surface area (TPSA) is 37.0 Å². The van der Waals surface area contributed by atoms with E-state index in [0.717, 1.165) is 18.7 Å². The van der Waals surface area contributed by atoms with Crippen LogP contribution in [0.5, 0.6) is 5.75 Å². The SMILES string of the molecule is COc1ccccc1C(C)NCCc1ccc2[nH]ccc2c1. The van der Waals surface area contributed by atoms with Crippen molar-refractivity contribution in [1.29, 1.82) is 0 Å². The number of aromatic amines is 1. The number of benzene rings is 2. The monoisotopic (exact) mass is 294 g/mol. The molecule has 3 aromatic rings. The Morgan fingerprint density at radius 3 is 2.86 bits per heavy atom.